The molecule has 6 nitrogen and oxygen atoms in total. The Morgan fingerprint density at radius 3 is 2.59 bits per heavy atom. The Hall–Kier alpha value is -2.25. The highest BCUT2D eigenvalue weighted by atomic mass is 32.1. The summed E-state index contributed by atoms with van der Waals surface area (Å²) in [6, 6.07) is 13.0. The van der Waals surface area contributed by atoms with Crippen LogP contribution in [0.1, 0.15) is 6.92 Å². The zero-order valence-corrected chi connectivity index (χ0v) is 13.3. The maximum Gasteiger partial charge on any atom is 0.238 e. The van der Waals surface area contributed by atoms with Gasteiger partial charge in [-0.3, -0.25) is 0 Å². The van der Waals surface area contributed by atoms with Gasteiger partial charge in [-0.25, -0.2) is 0 Å². The number of nitrogens with one attached hydrogen (secondary N) is 2. The van der Waals surface area contributed by atoms with Gasteiger partial charge in [0.1, 0.15) is 5.75 Å². The van der Waals surface area contributed by atoms with Crippen molar-refractivity contribution in [3.05, 3.63) is 42.5 Å². The van der Waals surface area contributed by atoms with E-state index >= 15 is 0 Å². The quantitative estimate of drug-likeness (QED) is 0.793. The molecular formula is C15H18N4O2S. The minimum Gasteiger partial charge on any atom is -0.438 e. The van der Waals surface area contributed by atoms with Gasteiger partial charge in [0.15, 0.2) is 10.9 Å². The highest BCUT2D eigenvalue weighted by Crippen LogP contribution is 2.18. The lowest BCUT2D eigenvalue weighted by Crippen LogP contribution is -2.38. The molecule has 0 fully saturated rings. The molecule has 2 rings (SSSR count). The van der Waals surface area contributed by atoms with Crippen molar-refractivity contribution in [2.75, 3.05) is 19.0 Å². The molecule has 0 aliphatic carbocycles. The van der Waals surface area contributed by atoms with E-state index in [9.17, 15) is 0 Å². The first-order valence-electron chi connectivity index (χ1n) is 6.80. The zero-order chi connectivity index (χ0) is 15.8. The number of benzene rings is 1. The van der Waals surface area contributed by atoms with Crippen molar-refractivity contribution >= 4 is 23.1 Å². The van der Waals surface area contributed by atoms with Crippen LogP contribution in [0.3, 0.4) is 0 Å². The average Bonchev–Trinajstić information content (AvgIpc) is 2.50. The number of methoxy groups -OCH3 is 1. The molecule has 1 aromatic carbocycles. The first kappa shape index (κ1) is 16.1. The van der Waals surface area contributed by atoms with Gasteiger partial charge in [-0.05, 0) is 37.3 Å². The molecule has 1 aromatic heterocycles. The molecule has 2 aromatic rings. The van der Waals surface area contributed by atoms with Crippen molar-refractivity contribution in [3.8, 4) is 11.6 Å². The summed E-state index contributed by atoms with van der Waals surface area (Å²) in [5.74, 6) is 1.67. The number of thiocarbonyl (C=S) groups is 1. The number of nitrogens with zero attached hydrogens (tertiary/aromatic N) is 2. The van der Waals surface area contributed by atoms with Gasteiger partial charge in [0.05, 0.1) is 6.61 Å². The predicted molar refractivity (Wildman–Crippen MR) is 89.2 cm³/mol. The van der Waals surface area contributed by atoms with E-state index in [1.54, 1.807) is 19.2 Å². The summed E-state index contributed by atoms with van der Waals surface area (Å²) in [7, 11) is 1.64. The predicted octanol–water partition coefficient (Wildman–Crippen LogP) is 2.59. The van der Waals surface area contributed by atoms with Crippen LogP contribution in [-0.4, -0.2) is 35.1 Å². The van der Waals surface area contributed by atoms with E-state index in [0.29, 0.717) is 29.2 Å². The summed E-state index contributed by atoms with van der Waals surface area (Å²) in [5.41, 5.74) is 0. The van der Waals surface area contributed by atoms with E-state index in [1.807, 2.05) is 37.3 Å². The fraction of sp³-hybridized carbons (Fsp3) is 0.267. The SMILES string of the molecule is COCC(C)NC(=S)Nc1ccc(Oc2ccccc2)nn1. The van der Waals surface area contributed by atoms with Crippen molar-refractivity contribution in [1.29, 1.82) is 0 Å². The molecule has 116 valence electrons. The number of hydrogen-bond acceptors (Lipinski definition) is 5. The van der Waals surface area contributed by atoms with Crippen molar-refractivity contribution in [3.63, 3.8) is 0 Å². The Morgan fingerprint density at radius 1 is 1.18 bits per heavy atom. The molecule has 0 amide bonds. The Balaban J connectivity index is 1.88. The molecule has 22 heavy (non-hydrogen) atoms. The van der Waals surface area contributed by atoms with Crippen molar-refractivity contribution in [1.82, 2.24) is 15.5 Å². The van der Waals surface area contributed by atoms with Gasteiger partial charge in [-0.1, -0.05) is 18.2 Å². The number of aromatic nitrogens is 2. The first-order valence-corrected chi connectivity index (χ1v) is 7.21. The van der Waals surface area contributed by atoms with Gasteiger partial charge in [0.2, 0.25) is 5.88 Å². The van der Waals surface area contributed by atoms with E-state index < -0.39 is 0 Å². The lowest BCUT2D eigenvalue weighted by molar-refractivity contribution is 0.179. The summed E-state index contributed by atoms with van der Waals surface area (Å²) >= 11 is 5.19. The minimum absolute atomic E-state index is 0.110. The van der Waals surface area contributed by atoms with E-state index in [2.05, 4.69) is 20.8 Å². The average molecular weight is 318 g/mol. The Labute approximate surface area is 134 Å². The second-order valence-corrected chi connectivity index (χ2v) is 5.04. The second kappa shape index (κ2) is 8.26. The van der Waals surface area contributed by atoms with Gasteiger partial charge < -0.3 is 20.1 Å². The molecule has 0 aliphatic rings. The molecular weight excluding hydrogens is 300 g/mol. The van der Waals surface area contributed by atoms with Crippen LogP contribution < -0.4 is 15.4 Å². The van der Waals surface area contributed by atoms with Crippen LogP contribution in [0, 0.1) is 0 Å². The highest BCUT2D eigenvalue weighted by molar-refractivity contribution is 7.80. The molecule has 2 N–H and O–H groups in total. The molecule has 0 spiro atoms. The molecule has 0 saturated carbocycles. The van der Waals surface area contributed by atoms with E-state index in [-0.39, 0.29) is 6.04 Å². The molecule has 1 heterocycles. The monoisotopic (exact) mass is 318 g/mol. The fourth-order valence-corrected chi connectivity index (χ4v) is 2.02. The normalized spacial score (nSPS) is 11.5. The lowest BCUT2D eigenvalue weighted by Gasteiger charge is -2.15. The summed E-state index contributed by atoms with van der Waals surface area (Å²) < 4.78 is 10.6. The van der Waals surface area contributed by atoms with Crippen LogP contribution in [0.5, 0.6) is 11.6 Å². The summed E-state index contributed by atoms with van der Waals surface area (Å²) in [5, 5.41) is 14.5. The standard InChI is InChI=1S/C15H18N4O2S/c1-11(10-20-2)16-15(22)17-13-8-9-14(19-18-13)21-12-6-4-3-5-7-12/h3-9,11H,10H2,1-2H3,(H2,16,17,18,22). The number of anilines is 1. The molecule has 0 saturated heterocycles. The van der Waals surface area contributed by atoms with Gasteiger partial charge in [-0.2, -0.15) is 0 Å². The summed E-state index contributed by atoms with van der Waals surface area (Å²) in [4.78, 5) is 0. The second-order valence-electron chi connectivity index (χ2n) is 4.63. The van der Waals surface area contributed by atoms with Gasteiger partial charge in [0.25, 0.3) is 0 Å². The Bertz CT molecular complexity index is 592. The van der Waals surface area contributed by atoms with Crippen LogP contribution in [0.25, 0.3) is 0 Å². The third kappa shape index (κ3) is 5.27. The largest absolute Gasteiger partial charge is 0.438 e. The van der Waals surface area contributed by atoms with Crippen molar-refractivity contribution < 1.29 is 9.47 Å². The first-order chi connectivity index (χ1) is 10.7. The number of rotatable bonds is 6. The van der Waals surface area contributed by atoms with Crippen LogP contribution in [0.4, 0.5) is 5.82 Å². The third-order valence-corrected chi connectivity index (χ3v) is 2.86. The Morgan fingerprint density at radius 2 is 1.95 bits per heavy atom. The molecule has 1 unspecified atom stereocenters. The van der Waals surface area contributed by atoms with Gasteiger partial charge in [-0.15, -0.1) is 10.2 Å². The molecule has 7 heteroatoms. The molecule has 1 atom stereocenters. The van der Waals surface area contributed by atoms with Crippen LogP contribution in [0.15, 0.2) is 42.5 Å². The van der Waals surface area contributed by atoms with E-state index in [4.69, 9.17) is 21.7 Å². The van der Waals surface area contributed by atoms with Gasteiger partial charge >= 0.3 is 0 Å². The number of para-hydroxylation sites is 1. The summed E-state index contributed by atoms with van der Waals surface area (Å²) in [6.45, 7) is 2.54. The maximum atomic E-state index is 5.57. The Kier molecular flexibility index (Phi) is 6.05. The van der Waals surface area contributed by atoms with Crippen LogP contribution in [-0.2, 0) is 4.74 Å². The lowest BCUT2D eigenvalue weighted by atomic mass is 10.3. The van der Waals surface area contributed by atoms with Crippen molar-refractivity contribution in [2.45, 2.75) is 13.0 Å². The minimum atomic E-state index is 0.110. The van der Waals surface area contributed by atoms with Gasteiger partial charge in [0, 0.05) is 19.2 Å². The van der Waals surface area contributed by atoms with Crippen molar-refractivity contribution in [2.24, 2.45) is 0 Å². The smallest absolute Gasteiger partial charge is 0.238 e. The molecule has 0 bridgehead atoms. The highest BCUT2D eigenvalue weighted by Gasteiger charge is 2.05. The number of hydrogen-bond donors (Lipinski definition) is 2. The van der Waals surface area contributed by atoms with Crippen LogP contribution >= 0.6 is 12.2 Å². The maximum absolute atomic E-state index is 5.57. The van der Waals surface area contributed by atoms with E-state index in [1.165, 1.54) is 0 Å². The summed E-state index contributed by atoms with van der Waals surface area (Å²) in [6.07, 6.45) is 0. The topological polar surface area (TPSA) is 68.3 Å². The fourth-order valence-electron chi connectivity index (χ4n) is 1.72. The van der Waals surface area contributed by atoms with E-state index in [0.717, 1.165) is 0 Å². The molecule has 0 radical (unpaired) electrons. The molecule has 0 aliphatic heterocycles. The van der Waals surface area contributed by atoms with Crippen LogP contribution in [0.2, 0.25) is 0 Å². The zero-order valence-electron chi connectivity index (χ0n) is 12.4. The number of ether oxygens (including phenoxy) is 2. The third-order valence-electron chi connectivity index (χ3n) is 2.64.